The first kappa shape index (κ1) is 16.9. The molecular weight excluding hydrogens is 300 g/mol. The summed E-state index contributed by atoms with van der Waals surface area (Å²) in [6.07, 6.45) is 7.04. The Morgan fingerprint density at radius 3 is 2.65 bits per heavy atom. The van der Waals surface area contributed by atoms with E-state index in [1.165, 1.54) is 18.2 Å². The van der Waals surface area contributed by atoms with Crippen LogP contribution in [-0.4, -0.2) is 23.5 Å². The van der Waals surface area contributed by atoms with Crippen molar-refractivity contribution in [3.05, 3.63) is 77.6 Å². The van der Waals surface area contributed by atoms with Gasteiger partial charge in [0.05, 0.1) is 12.8 Å². The van der Waals surface area contributed by atoms with Gasteiger partial charge >= 0.3 is 0 Å². The lowest BCUT2D eigenvalue weighted by molar-refractivity contribution is 0.177. The molecule has 1 aliphatic rings. The third-order valence-corrected chi connectivity index (χ3v) is 3.50. The van der Waals surface area contributed by atoms with E-state index in [1.807, 2.05) is 18.2 Å². The minimum atomic E-state index is -2.63. The number of rotatable bonds is 6. The molecule has 0 fully saturated rings. The Morgan fingerprint density at radius 2 is 2.04 bits per heavy atom. The van der Waals surface area contributed by atoms with E-state index < -0.39 is 6.43 Å². The van der Waals surface area contributed by atoms with E-state index in [1.54, 1.807) is 18.5 Å². The second kappa shape index (κ2) is 7.69. The third kappa shape index (κ3) is 4.26. The molecule has 1 aromatic heterocycles. The van der Waals surface area contributed by atoms with Crippen LogP contribution in [0.15, 0.2) is 72.1 Å². The van der Waals surface area contributed by atoms with Gasteiger partial charge in [0.15, 0.2) is 0 Å². The Balaban J connectivity index is 2.23. The lowest BCUT2D eigenvalue weighted by atomic mass is 9.99. The van der Waals surface area contributed by atoms with Crippen LogP contribution in [0.3, 0.4) is 0 Å². The molecule has 0 radical (unpaired) electrons. The van der Waals surface area contributed by atoms with Crippen LogP contribution in [0.1, 0.15) is 12.0 Å². The number of pyridine rings is 1. The van der Waals surface area contributed by atoms with Gasteiger partial charge in [0, 0.05) is 24.0 Å². The van der Waals surface area contributed by atoms with Crippen LogP contribution < -0.4 is 5.84 Å². The normalized spacial score (nSPS) is 16.4. The van der Waals surface area contributed by atoms with Crippen LogP contribution in [0.4, 0.5) is 8.78 Å². The molecular formula is C17H19F2N3O. The van der Waals surface area contributed by atoms with Crippen molar-refractivity contribution in [3.8, 4) is 0 Å². The topological polar surface area (TPSA) is 51.4 Å². The van der Waals surface area contributed by atoms with Crippen molar-refractivity contribution in [1.29, 1.82) is 0 Å². The smallest absolute Gasteiger partial charge is 0.263 e. The molecule has 23 heavy (non-hydrogen) atoms. The molecule has 0 spiro atoms. The van der Waals surface area contributed by atoms with Gasteiger partial charge in [-0.25, -0.2) is 19.6 Å². The number of nitrogens with two attached hydrogens (primary N) is 1. The van der Waals surface area contributed by atoms with Crippen molar-refractivity contribution in [2.45, 2.75) is 19.3 Å². The molecule has 0 saturated heterocycles. The molecule has 1 aliphatic heterocycles. The van der Waals surface area contributed by atoms with Crippen LogP contribution in [0.2, 0.25) is 0 Å². The minimum absolute atomic E-state index is 0.289. The summed E-state index contributed by atoms with van der Waals surface area (Å²) in [6, 6.07) is 3.84. The highest BCUT2D eigenvalue weighted by Crippen LogP contribution is 2.28. The molecule has 2 rings (SSSR count). The van der Waals surface area contributed by atoms with Gasteiger partial charge < -0.3 is 4.74 Å². The molecule has 0 amide bonds. The highest BCUT2D eigenvalue weighted by molar-refractivity contribution is 5.43. The molecule has 0 unspecified atom stereocenters. The monoisotopic (exact) mass is 319 g/mol. The van der Waals surface area contributed by atoms with Crippen molar-refractivity contribution in [3.63, 3.8) is 0 Å². The average molecular weight is 319 g/mol. The summed E-state index contributed by atoms with van der Waals surface area (Å²) in [6.45, 7) is 3.38. The van der Waals surface area contributed by atoms with Crippen LogP contribution in [-0.2, 0) is 11.2 Å². The zero-order valence-corrected chi connectivity index (χ0v) is 12.9. The molecule has 2 heterocycles. The fourth-order valence-electron chi connectivity index (χ4n) is 2.22. The molecule has 0 aliphatic carbocycles. The number of alkyl halides is 2. The highest BCUT2D eigenvalue weighted by Gasteiger charge is 2.20. The molecule has 4 nitrogen and oxygen atoms in total. The summed E-state index contributed by atoms with van der Waals surface area (Å²) >= 11 is 0. The van der Waals surface area contributed by atoms with E-state index in [0.717, 1.165) is 17.6 Å². The molecule has 0 atom stereocenters. The van der Waals surface area contributed by atoms with E-state index in [9.17, 15) is 8.78 Å². The van der Waals surface area contributed by atoms with E-state index in [0.29, 0.717) is 18.0 Å². The van der Waals surface area contributed by atoms with Gasteiger partial charge in [-0.15, -0.1) is 0 Å². The SMILES string of the molecule is C=C(/C=C1/C(CCc2ccncc2)=CC=C(OC)N1N)C(F)F. The van der Waals surface area contributed by atoms with E-state index in [-0.39, 0.29) is 5.57 Å². The number of hydrazine groups is 1. The molecule has 0 saturated carbocycles. The van der Waals surface area contributed by atoms with Gasteiger partial charge in [-0.1, -0.05) is 12.7 Å². The van der Waals surface area contributed by atoms with Gasteiger partial charge in [0.2, 0.25) is 5.88 Å². The minimum Gasteiger partial charge on any atom is -0.481 e. The van der Waals surface area contributed by atoms with Crippen molar-refractivity contribution in [2.75, 3.05) is 7.11 Å². The fraction of sp³-hybridized carbons (Fsp3) is 0.235. The van der Waals surface area contributed by atoms with Crippen molar-refractivity contribution >= 4 is 0 Å². The Hall–Kier alpha value is -2.47. The number of aromatic nitrogens is 1. The molecule has 0 aromatic carbocycles. The number of hydrogen-bond donors (Lipinski definition) is 1. The Labute approximate surface area is 134 Å². The Bertz CT molecular complexity index is 651. The Morgan fingerprint density at radius 1 is 1.35 bits per heavy atom. The average Bonchev–Trinajstić information content (AvgIpc) is 2.56. The van der Waals surface area contributed by atoms with Crippen LogP contribution >= 0.6 is 0 Å². The number of ether oxygens (including phenoxy) is 1. The maximum absolute atomic E-state index is 12.8. The van der Waals surface area contributed by atoms with Gasteiger partial charge in [0.25, 0.3) is 6.43 Å². The second-order valence-corrected chi connectivity index (χ2v) is 5.03. The lowest BCUT2D eigenvalue weighted by Gasteiger charge is -2.28. The van der Waals surface area contributed by atoms with Gasteiger partial charge in [-0.3, -0.25) is 4.98 Å². The molecule has 0 bridgehead atoms. The highest BCUT2D eigenvalue weighted by atomic mass is 19.3. The number of allylic oxidation sites excluding steroid dienone is 5. The largest absolute Gasteiger partial charge is 0.481 e. The third-order valence-electron chi connectivity index (χ3n) is 3.50. The first-order chi connectivity index (χ1) is 11.0. The molecule has 2 N–H and O–H groups in total. The van der Waals surface area contributed by atoms with Crippen LogP contribution in [0, 0.1) is 0 Å². The lowest BCUT2D eigenvalue weighted by Crippen LogP contribution is -2.33. The van der Waals surface area contributed by atoms with E-state index >= 15 is 0 Å². The number of nitrogens with zero attached hydrogens (tertiary/aromatic N) is 2. The van der Waals surface area contributed by atoms with Gasteiger partial charge in [-0.2, -0.15) is 0 Å². The number of hydrogen-bond acceptors (Lipinski definition) is 4. The summed E-state index contributed by atoms with van der Waals surface area (Å²) in [4.78, 5) is 3.97. The first-order valence-corrected chi connectivity index (χ1v) is 7.10. The zero-order valence-electron chi connectivity index (χ0n) is 12.9. The quantitative estimate of drug-likeness (QED) is 0.817. The zero-order chi connectivity index (χ0) is 16.8. The summed E-state index contributed by atoms with van der Waals surface area (Å²) in [5.74, 6) is 6.36. The van der Waals surface area contributed by atoms with Crippen molar-refractivity contribution < 1.29 is 13.5 Å². The summed E-state index contributed by atoms with van der Waals surface area (Å²) in [5.41, 5.74) is 2.12. The second-order valence-electron chi connectivity index (χ2n) is 5.03. The number of methoxy groups -OCH3 is 1. The summed E-state index contributed by atoms with van der Waals surface area (Å²) < 4.78 is 30.7. The van der Waals surface area contributed by atoms with Gasteiger partial charge in [-0.05, 0) is 42.2 Å². The summed E-state index contributed by atoms with van der Waals surface area (Å²) in [5, 5.41) is 1.26. The summed E-state index contributed by atoms with van der Waals surface area (Å²) in [7, 11) is 1.47. The maximum atomic E-state index is 12.8. The van der Waals surface area contributed by atoms with E-state index in [4.69, 9.17) is 10.6 Å². The predicted molar refractivity (Wildman–Crippen MR) is 85.0 cm³/mol. The van der Waals surface area contributed by atoms with Crippen molar-refractivity contribution in [1.82, 2.24) is 9.99 Å². The van der Waals surface area contributed by atoms with Gasteiger partial charge in [0.1, 0.15) is 0 Å². The van der Waals surface area contributed by atoms with E-state index in [2.05, 4.69) is 11.6 Å². The van der Waals surface area contributed by atoms with Crippen molar-refractivity contribution in [2.24, 2.45) is 5.84 Å². The standard InChI is InChI=1S/C17H19F2N3O/c1-12(17(18)19)11-15-14(5-6-16(23-2)22(15)20)4-3-13-7-9-21-10-8-13/h5-11,17H,1,3-4,20H2,2H3/b15-11-. The Kier molecular flexibility index (Phi) is 5.65. The number of aryl methyl sites for hydroxylation is 1. The molecule has 1 aromatic rings. The number of halogens is 2. The first-order valence-electron chi connectivity index (χ1n) is 7.10. The van der Waals surface area contributed by atoms with Crippen LogP contribution in [0.5, 0.6) is 0 Å². The van der Waals surface area contributed by atoms with Crippen LogP contribution in [0.25, 0.3) is 0 Å². The molecule has 122 valence electrons. The predicted octanol–water partition coefficient (Wildman–Crippen LogP) is 3.32. The fourth-order valence-corrected chi connectivity index (χ4v) is 2.22. The maximum Gasteiger partial charge on any atom is 0.263 e. The molecule has 6 heteroatoms.